The van der Waals surface area contributed by atoms with Gasteiger partial charge in [-0.3, -0.25) is 4.79 Å². The van der Waals surface area contributed by atoms with E-state index in [0.717, 1.165) is 11.1 Å². The fourth-order valence-electron chi connectivity index (χ4n) is 2.91. The molecular formula is C19H19N5O4. The summed E-state index contributed by atoms with van der Waals surface area (Å²) in [7, 11) is 1.36. The largest absolute Gasteiger partial charge is 0.484 e. The zero-order valence-electron chi connectivity index (χ0n) is 15.5. The molecule has 2 aromatic heterocycles. The summed E-state index contributed by atoms with van der Waals surface area (Å²) in [5.74, 6) is 0.904. The molecule has 9 heteroatoms. The molecule has 2 atom stereocenters. The molecule has 0 bridgehead atoms. The predicted octanol–water partition coefficient (Wildman–Crippen LogP) is 2.06. The van der Waals surface area contributed by atoms with Gasteiger partial charge in [0.2, 0.25) is 5.82 Å². The molecule has 0 spiro atoms. The third kappa shape index (κ3) is 3.64. The van der Waals surface area contributed by atoms with Gasteiger partial charge in [-0.05, 0) is 29.0 Å². The summed E-state index contributed by atoms with van der Waals surface area (Å²) in [6.45, 7) is 2.43. The van der Waals surface area contributed by atoms with Gasteiger partial charge in [-0.1, -0.05) is 25.1 Å². The lowest BCUT2D eigenvalue weighted by atomic mass is 10.1. The Bertz CT molecular complexity index is 990. The van der Waals surface area contributed by atoms with E-state index in [0.29, 0.717) is 30.6 Å². The van der Waals surface area contributed by atoms with E-state index < -0.39 is 0 Å². The Labute approximate surface area is 161 Å². The van der Waals surface area contributed by atoms with Gasteiger partial charge in [-0.15, -0.1) is 10.2 Å². The zero-order chi connectivity index (χ0) is 19.5. The molecule has 0 saturated carbocycles. The van der Waals surface area contributed by atoms with E-state index in [9.17, 15) is 4.79 Å². The Balaban J connectivity index is 1.51. The van der Waals surface area contributed by atoms with E-state index in [1.54, 1.807) is 19.2 Å². The van der Waals surface area contributed by atoms with Crippen molar-refractivity contribution in [3.63, 3.8) is 0 Å². The van der Waals surface area contributed by atoms with Gasteiger partial charge in [-0.2, -0.15) is 4.80 Å². The summed E-state index contributed by atoms with van der Waals surface area (Å²) >= 11 is 0. The van der Waals surface area contributed by atoms with Crippen LogP contribution in [-0.4, -0.2) is 44.9 Å². The molecule has 28 heavy (non-hydrogen) atoms. The number of aromatic nitrogens is 5. The molecule has 3 heterocycles. The van der Waals surface area contributed by atoms with Crippen LogP contribution in [0, 0.1) is 5.92 Å². The van der Waals surface area contributed by atoms with Crippen molar-refractivity contribution in [1.82, 2.24) is 25.2 Å². The highest BCUT2D eigenvalue weighted by Crippen LogP contribution is 2.34. The maximum Gasteiger partial charge on any atom is 0.310 e. The number of methoxy groups -OCH3 is 1. The van der Waals surface area contributed by atoms with Crippen LogP contribution in [0.25, 0.3) is 11.4 Å². The molecule has 0 unspecified atom stereocenters. The number of ether oxygens (including phenoxy) is 3. The molecule has 0 saturated heterocycles. The zero-order valence-corrected chi connectivity index (χ0v) is 15.5. The minimum absolute atomic E-state index is 0.281. The van der Waals surface area contributed by atoms with Gasteiger partial charge in [0.15, 0.2) is 11.9 Å². The lowest BCUT2D eigenvalue weighted by Crippen LogP contribution is -2.22. The molecule has 1 aliphatic rings. The Morgan fingerprint density at radius 1 is 1.36 bits per heavy atom. The second-order valence-corrected chi connectivity index (χ2v) is 6.44. The van der Waals surface area contributed by atoms with Crippen LogP contribution in [0.15, 0.2) is 42.6 Å². The van der Waals surface area contributed by atoms with Crippen molar-refractivity contribution in [1.29, 1.82) is 0 Å². The van der Waals surface area contributed by atoms with Gasteiger partial charge in [-0.25, -0.2) is 4.98 Å². The second kappa shape index (κ2) is 7.63. The minimum atomic E-state index is -0.362. The van der Waals surface area contributed by atoms with E-state index in [1.807, 2.05) is 30.3 Å². The van der Waals surface area contributed by atoms with Gasteiger partial charge in [0.05, 0.1) is 19.6 Å². The van der Waals surface area contributed by atoms with Crippen LogP contribution in [0.3, 0.4) is 0 Å². The van der Waals surface area contributed by atoms with Crippen LogP contribution in [0.4, 0.5) is 0 Å². The highest BCUT2D eigenvalue weighted by Gasteiger charge is 2.24. The van der Waals surface area contributed by atoms with E-state index in [4.69, 9.17) is 14.2 Å². The van der Waals surface area contributed by atoms with Gasteiger partial charge < -0.3 is 14.2 Å². The maximum absolute atomic E-state index is 11.6. The van der Waals surface area contributed by atoms with Gasteiger partial charge in [0, 0.05) is 11.8 Å². The number of benzene rings is 1. The minimum Gasteiger partial charge on any atom is -0.484 e. The van der Waals surface area contributed by atoms with Crippen LogP contribution in [0.2, 0.25) is 0 Å². The molecule has 0 aliphatic carbocycles. The lowest BCUT2D eigenvalue weighted by molar-refractivity contribution is -0.145. The molecule has 0 N–H and O–H groups in total. The summed E-state index contributed by atoms with van der Waals surface area (Å²) in [5, 5.41) is 12.5. The van der Waals surface area contributed by atoms with Crippen LogP contribution in [-0.2, 0) is 16.1 Å². The van der Waals surface area contributed by atoms with E-state index in [1.165, 1.54) is 11.9 Å². The highest BCUT2D eigenvalue weighted by atomic mass is 16.6. The molecular weight excluding hydrogens is 362 g/mol. The first-order valence-corrected chi connectivity index (χ1v) is 8.84. The van der Waals surface area contributed by atoms with Gasteiger partial charge in [0.1, 0.15) is 6.61 Å². The summed E-state index contributed by atoms with van der Waals surface area (Å²) in [6.07, 6.45) is 1.38. The number of carbonyl (C=O) groups excluding carboxylic acids is 1. The maximum atomic E-state index is 11.6. The number of fused-ring (bicyclic) bond motifs is 1. The normalized spacial score (nSPS) is 16.4. The van der Waals surface area contributed by atoms with Gasteiger partial charge >= 0.3 is 5.97 Å². The molecule has 3 aromatic rings. The van der Waals surface area contributed by atoms with Crippen LogP contribution in [0.5, 0.6) is 11.6 Å². The van der Waals surface area contributed by atoms with E-state index in [2.05, 4.69) is 20.4 Å². The number of carbonyl (C=O) groups is 1. The number of esters is 1. The Morgan fingerprint density at radius 2 is 2.25 bits per heavy atom. The lowest BCUT2D eigenvalue weighted by Gasteiger charge is -2.25. The Hall–Kier alpha value is -3.49. The van der Waals surface area contributed by atoms with Crippen molar-refractivity contribution in [2.75, 3.05) is 13.7 Å². The predicted molar refractivity (Wildman–Crippen MR) is 97.5 cm³/mol. The second-order valence-electron chi connectivity index (χ2n) is 6.44. The highest BCUT2D eigenvalue weighted by molar-refractivity contribution is 5.71. The Morgan fingerprint density at radius 3 is 3.11 bits per heavy atom. The van der Waals surface area contributed by atoms with Crippen molar-refractivity contribution < 1.29 is 19.0 Å². The number of tetrazole rings is 1. The molecule has 1 aliphatic heterocycles. The van der Waals surface area contributed by atoms with Crippen LogP contribution < -0.4 is 9.47 Å². The van der Waals surface area contributed by atoms with Crippen LogP contribution >= 0.6 is 0 Å². The smallest absolute Gasteiger partial charge is 0.310 e. The molecule has 4 rings (SSSR count). The molecule has 144 valence electrons. The first-order valence-electron chi connectivity index (χ1n) is 8.84. The summed E-state index contributed by atoms with van der Waals surface area (Å²) < 4.78 is 16.4. The molecule has 9 nitrogen and oxygen atoms in total. The summed E-state index contributed by atoms with van der Waals surface area (Å²) in [4.78, 5) is 17.2. The third-order valence-electron chi connectivity index (χ3n) is 4.39. The van der Waals surface area contributed by atoms with E-state index in [-0.39, 0.29) is 18.0 Å². The van der Waals surface area contributed by atoms with Crippen molar-refractivity contribution in [2.45, 2.75) is 19.6 Å². The number of pyridine rings is 1. The summed E-state index contributed by atoms with van der Waals surface area (Å²) in [5.41, 5.74) is 1.72. The summed E-state index contributed by atoms with van der Waals surface area (Å²) in [6, 6.07) is 11.3. The molecule has 0 fully saturated rings. The number of hydrogen-bond donors (Lipinski definition) is 0. The first-order chi connectivity index (χ1) is 13.6. The third-order valence-corrected chi connectivity index (χ3v) is 4.39. The SMILES string of the molecule is COC(=O)[C@@H](C)Cn1nnc(-c2cccc([C@@H]3COc4cccnc4O3)c2)n1. The Kier molecular flexibility index (Phi) is 4.88. The monoisotopic (exact) mass is 381 g/mol. The van der Waals surface area contributed by atoms with E-state index >= 15 is 0 Å². The average molecular weight is 381 g/mol. The quantitative estimate of drug-likeness (QED) is 0.619. The average Bonchev–Trinajstić information content (AvgIpc) is 3.21. The number of hydrogen-bond acceptors (Lipinski definition) is 8. The standard InChI is InChI=1S/C19H19N5O4/c1-12(19(25)26-2)10-24-22-17(21-23-24)14-6-3-5-13(9-14)16-11-27-15-7-4-8-20-18(15)28-16/h3-9,12,16H,10-11H2,1-2H3/t12-,16-/m0/s1. The molecule has 0 radical (unpaired) electrons. The first kappa shape index (κ1) is 17.9. The van der Waals surface area contributed by atoms with Crippen LogP contribution in [0.1, 0.15) is 18.6 Å². The molecule has 0 amide bonds. The van der Waals surface area contributed by atoms with Crippen molar-refractivity contribution in [3.8, 4) is 23.0 Å². The van der Waals surface area contributed by atoms with Crippen molar-refractivity contribution >= 4 is 5.97 Å². The molecule has 1 aromatic carbocycles. The van der Waals surface area contributed by atoms with Crippen molar-refractivity contribution in [3.05, 3.63) is 48.2 Å². The topological polar surface area (TPSA) is 101 Å². The number of nitrogens with zero attached hydrogens (tertiary/aromatic N) is 5. The van der Waals surface area contributed by atoms with Gasteiger partial charge in [0.25, 0.3) is 5.88 Å². The fourth-order valence-corrected chi connectivity index (χ4v) is 2.91. The fraction of sp³-hybridized carbons (Fsp3) is 0.316. The van der Waals surface area contributed by atoms with Crippen molar-refractivity contribution in [2.24, 2.45) is 5.92 Å². The number of rotatable bonds is 5.